The average Bonchev–Trinajstić information content (AvgIpc) is 1.61. The second-order valence-electron chi connectivity index (χ2n) is 33.7. The van der Waals surface area contributed by atoms with E-state index in [1.807, 2.05) is 61.5 Å². The van der Waals surface area contributed by atoms with E-state index < -0.39 is 17.7 Å². The Balaban J connectivity index is 0.000000108. The number of halogens is 4. The molecule has 0 aliphatic heterocycles. The first-order valence-electron chi connectivity index (χ1n) is 44.8. The van der Waals surface area contributed by atoms with Crippen molar-refractivity contribution in [1.82, 2.24) is 0 Å². The molecule has 25 rings (SSSR count). The zero-order valence-corrected chi connectivity index (χ0v) is 79.8. The van der Waals surface area contributed by atoms with Gasteiger partial charge in [-0.15, -0.1) is 0 Å². The molecule has 0 saturated heterocycles. The van der Waals surface area contributed by atoms with Gasteiger partial charge in [0.1, 0.15) is 29.1 Å². The topological polar surface area (TPSA) is 402 Å². The van der Waals surface area contributed by atoms with Gasteiger partial charge in [0, 0.05) is 129 Å². The lowest BCUT2D eigenvalue weighted by atomic mass is 9.88. The van der Waals surface area contributed by atoms with Crippen molar-refractivity contribution in [2.75, 3.05) is 0 Å². The number of aliphatic hydroxyl groups is 1. The molecule has 7 aliphatic carbocycles. The summed E-state index contributed by atoms with van der Waals surface area (Å²) in [6, 6.07) is 86.1. The van der Waals surface area contributed by atoms with Gasteiger partial charge in [0.15, 0.2) is 110 Å². The molecular formula is C117H66BrCl3O25. The number of benzene rings is 11. The second kappa shape index (κ2) is 40.2. The molecule has 7 heterocycles. The SMILES string of the molecule is CC(=O)c1cc2c(o1)C(=O)c1cc(Cl)ccc1C2=O.CCc1cc2c(o1)C(=O)c1cc(Cl)ccc1C2=O.O=C(c1ccccc1)c1cc2c(o1)C(=O)c1cc(Br)ccc1C2=O.O=C1c2ccccc2C(=O)c2oc(C(O)c3ccccc3)cc21.O=C1c2ccccc2C(=O)c2oc(Cc3cccc(Cl)c3)cc21.O=C1c2ccccc2C(=O)c2oc(Cc3ccccc3)cc21.O=Cc1cc2c(o1)C(=O)c1ccccc1C2=O. The van der Waals surface area contributed by atoms with E-state index in [1.165, 1.54) is 49.4 Å². The van der Waals surface area contributed by atoms with Crippen LogP contribution in [0.5, 0.6) is 0 Å². The number of hydrogen-bond donors (Lipinski definition) is 1. The molecule has 1 unspecified atom stereocenters. The van der Waals surface area contributed by atoms with Crippen LogP contribution in [0.15, 0.2) is 345 Å². The van der Waals surface area contributed by atoms with Crippen molar-refractivity contribution in [3.05, 3.63) is 549 Å². The van der Waals surface area contributed by atoms with Crippen molar-refractivity contribution >= 4 is 150 Å². The van der Waals surface area contributed by atoms with Crippen molar-refractivity contribution in [2.45, 2.75) is 39.2 Å². The number of ketones is 16. The van der Waals surface area contributed by atoms with Gasteiger partial charge in [0.2, 0.25) is 46.3 Å². The molecule has 7 aromatic heterocycles. The molecule has 0 fully saturated rings. The first kappa shape index (κ1) is 96.9. The maximum atomic E-state index is 12.6. The van der Waals surface area contributed by atoms with E-state index in [0.29, 0.717) is 151 Å². The molecule has 7 aliphatic rings. The molecule has 0 saturated carbocycles. The molecule has 0 radical (unpaired) electrons. The maximum Gasteiger partial charge on any atom is 0.229 e. The zero-order valence-electron chi connectivity index (χ0n) is 76.0. The predicted molar refractivity (Wildman–Crippen MR) is 530 cm³/mol. The Labute approximate surface area is 849 Å². The van der Waals surface area contributed by atoms with E-state index in [4.69, 9.17) is 65.7 Å². The lowest BCUT2D eigenvalue weighted by molar-refractivity contribution is 0.0945. The van der Waals surface area contributed by atoms with Gasteiger partial charge >= 0.3 is 0 Å². The van der Waals surface area contributed by atoms with Gasteiger partial charge in [0.25, 0.3) is 0 Å². The Bertz CT molecular complexity index is 8470. The van der Waals surface area contributed by atoms with Gasteiger partial charge in [-0.3, -0.25) is 81.5 Å². The van der Waals surface area contributed by atoms with Crippen molar-refractivity contribution in [2.24, 2.45) is 0 Å². The molecule has 1 N–H and O–H groups in total. The standard InChI is InChI=1S/C19H9BrO4.C19H11ClO3.C19H12O4.C19H12O3.C14H7ClO4.C14H9ClO3.C13H6O4/c20-11-6-7-12-13(8-11)18(23)19-14(17(12)22)9-15(24-19)16(21)10-4-2-1-3-5-10;20-12-5-3-4-11(8-12)9-13-10-16-17(21)14-6-1-2-7-15(14)18(22)19(16)23-13;20-16(11-6-2-1-3-7-11)15-10-14-17(21)12-8-4-5-9-13(12)18(22)19(14)23-15;20-17-14-8-4-5-9-15(14)18(21)19-16(17)11-13(22-19)10-12-6-2-1-3-7-12;1-6(16)11-5-10-12(17)8-3-2-7(15)4-9(8)13(18)14(10)19-11;1-2-8-6-11-12(16)9-4-3-7(15)5-10(9)13(17)14(11)18-8;14-6-7-5-10-11(15)8-3-1-2-4-9(8)12(16)13(10)17-7/h1-9H;1-8,10H,9H2;1-10,16,20H;1-9,11H,10H2;2-5H,1H3;3-6H,2H2,1H3;1-6H. The van der Waals surface area contributed by atoms with Crippen molar-refractivity contribution < 1.29 is 118 Å². The van der Waals surface area contributed by atoms with Gasteiger partial charge in [-0.25, -0.2) is 0 Å². The maximum absolute atomic E-state index is 12.6. The number of Topliss-reactive ketones (excluding diaryl/α,β-unsaturated/α-hetero) is 1. The summed E-state index contributed by atoms with van der Waals surface area (Å²) in [5, 5.41) is 11.8. The number of hydrogen-bond acceptors (Lipinski definition) is 25. The third-order valence-electron chi connectivity index (χ3n) is 24.5. The quantitative estimate of drug-likeness (QED) is 0.0928. The minimum atomic E-state index is -1.02. The minimum absolute atomic E-state index is 0.00122. The summed E-state index contributed by atoms with van der Waals surface area (Å²) in [6.45, 7) is 3.21. The number of furan rings is 7. The Morgan fingerprint density at radius 1 is 0.288 bits per heavy atom. The first-order valence-corrected chi connectivity index (χ1v) is 46.8. The highest BCUT2D eigenvalue weighted by Gasteiger charge is 2.42. The van der Waals surface area contributed by atoms with Gasteiger partial charge in [-0.1, -0.05) is 258 Å². The molecule has 11 aromatic carbocycles. The number of rotatable bonds is 11. The number of carbonyl (C=O) groups is 17. The third-order valence-corrected chi connectivity index (χ3v) is 25.7. The van der Waals surface area contributed by atoms with Gasteiger partial charge in [-0.2, -0.15) is 0 Å². The lowest BCUT2D eigenvalue weighted by Crippen LogP contribution is -2.18. The van der Waals surface area contributed by atoms with Gasteiger partial charge in [0.05, 0.1) is 38.9 Å². The van der Waals surface area contributed by atoms with Crippen LogP contribution in [0.1, 0.15) is 321 Å². The summed E-state index contributed by atoms with van der Waals surface area (Å²) in [5.74, 6) is -2.42. The molecule has 712 valence electrons. The van der Waals surface area contributed by atoms with Crippen LogP contribution >= 0.6 is 50.7 Å². The Kier molecular flexibility index (Phi) is 26.7. The van der Waals surface area contributed by atoms with Crippen LogP contribution in [0.25, 0.3) is 0 Å². The van der Waals surface area contributed by atoms with Crippen molar-refractivity contribution in [3.63, 3.8) is 0 Å². The monoisotopic (exact) mass is 2050 g/mol. The average molecular weight is 2060 g/mol. The highest BCUT2D eigenvalue weighted by Crippen LogP contribution is 2.41. The zero-order chi connectivity index (χ0) is 102. The molecule has 0 bridgehead atoms. The fourth-order valence-corrected chi connectivity index (χ4v) is 18.3. The smallest absolute Gasteiger partial charge is 0.229 e. The van der Waals surface area contributed by atoms with Crippen LogP contribution in [0.3, 0.4) is 0 Å². The first-order chi connectivity index (χ1) is 70.4. The molecule has 25 nitrogen and oxygen atoms in total. The highest BCUT2D eigenvalue weighted by atomic mass is 79.9. The summed E-state index contributed by atoms with van der Waals surface area (Å²) >= 11 is 20.9. The third kappa shape index (κ3) is 18.4. The molecular weight excluding hydrogens is 1990 g/mol. The van der Waals surface area contributed by atoms with E-state index in [9.17, 15) is 86.6 Å². The van der Waals surface area contributed by atoms with Crippen molar-refractivity contribution in [3.8, 4) is 0 Å². The van der Waals surface area contributed by atoms with E-state index >= 15 is 0 Å². The van der Waals surface area contributed by atoms with Crippen LogP contribution in [-0.2, 0) is 19.3 Å². The number of aryl methyl sites for hydroxylation is 1. The van der Waals surface area contributed by atoms with Crippen LogP contribution < -0.4 is 0 Å². The van der Waals surface area contributed by atoms with Crippen LogP contribution in [-0.4, -0.2) is 104 Å². The minimum Gasteiger partial charge on any atom is -0.457 e. The number of aldehydes is 1. The number of fused-ring (bicyclic) bond motifs is 14. The summed E-state index contributed by atoms with van der Waals surface area (Å²) in [5.41, 5.74) is 9.63. The summed E-state index contributed by atoms with van der Waals surface area (Å²) < 4.78 is 38.7. The fraction of sp³-hybridized carbons (Fsp3) is 0.0513. The Morgan fingerprint density at radius 3 is 1.03 bits per heavy atom. The van der Waals surface area contributed by atoms with E-state index in [2.05, 4.69) is 15.9 Å². The lowest BCUT2D eigenvalue weighted by Gasteiger charge is -2.12. The van der Waals surface area contributed by atoms with Gasteiger partial charge in [-0.05, 0) is 126 Å². The normalized spacial score (nSPS) is 13.2. The number of carbonyl (C=O) groups excluding carboxylic acids is 17. The van der Waals surface area contributed by atoms with Gasteiger partial charge < -0.3 is 36.0 Å². The highest BCUT2D eigenvalue weighted by molar-refractivity contribution is 9.10. The summed E-state index contributed by atoms with van der Waals surface area (Å²) in [6.07, 6.45) is 1.13. The Hall–Kier alpha value is -17.9. The molecule has 0 amide bonds. The van der Waals surface area contributed by atoms with Crippen molar-refractivity contribution in [1.29, 1.82) is 0 Å². The molecule has 146 heavy (non-hydrogen) atoms. The molecule has 1 atom stereocenters. The number of aliphatic hydroxyl groups excluding tert-OH is 1. The van der Waals surface area contributed by atoms with E-state index in [-0.39, 0.29) is 183 Å². The summed E-state index contributed by atoms with van der Waals surface area (Å²) in [4.78, 5) is 208. The Morgan fingerprint density at radius 2 is 0.603 bits per heavy atom. The van der Waals surface area contributed by atoms with Crippen LogP contribution in [0.4, 0.5) is 0 Å². The largest absolute Gasteiger partial charge is 0.457 e. The van der Waals surface area contributed by atoms with E-state index in [1.54, 1.807) is 212 Å². The second-order valence-corrected chi connectivity index (χ2v) is 35.9. The molecule has 18 aromatic rings. The van der Waals surface area contributed by atoms with E-state index in [0.717, 1.165) is 11.1 Å². The fourth-order valence-electron chi connectivity index (χ4n) is 17.4. The predicted octanol–water partition coefficient (Wildman–Crippen LogP) is 23.2. The van der Waals surface area contributed by atoms with Crippen LogP contribution in [0, 0.1) is 0 Å². The molecule has 0 spiro atoms. The molecule has 29 heteroatoms. The summed E-state index contributed by atoms with van der Waals surface area (Å²) in [7, 11) is 0. The van der Waals surface area contributed by atoms with Crippen LogP contribution in [0.2, 0.25) is 15.1 Å².